The number of fused-ring (bicyclic) bond motifs is 1. The molecule has 70 valence electrons. The molecule has 2 rings (SSSR count). The first-order valence-electron chi connectivity index (χ1n) is 4.75. The zero-order valence-corrected chi connectivity index (χ0v) is 7.66. The molecule has 0 fully saturated rings. The van der Waals surface area contributed by atoms with Gasteiger partial charge in [0.1, 0.15) is 0 Å². The van der Waals surface area contributed by atoms with Crippen molar-refractivity contribution < 1.29 is 5.11 Å². The monoisotopic (exact) mass is 177 g/mol. The summed E-state index contributed by atoms with van der Waals surface area (Å²) in [6.07, 6.45) is 2.19. The highest BCUT2D eigenvalue weighted by Crippen LogP contribution is 2.26. The van der Waals surface area contributed by atoms with Gasteiger partial charge in [0.2, 0.25) is 0 Å². The minimum Gasteiger partial charge on any atom is -0.392 e. The lowest BCUT2D eigenvalue weighted by Gasteiger charge is -2.01. The second kappa shape index (κ2) is 3.48. The van der Waals surface area contributed by atoms with E-state index < -0.39 is 0 Å². The van der Waals surface area contributed by atoms with Crippen molar-refractivity contribution in [1.29, 1.82) is 0 Å². The van der Waals surface area contributed by atoms with Gasteiger partial charge in [-0.3, -0.25) is 0 Å². The Labute approximate surface area is 78.4 Å². The largest absolute Gasteiger partial charge is 0.392 e. The normalized spacial score (nSPS) is 20.3. The van der Waals surface area contributed by atoms with Crippen molar-refractivity contribution in [3.63, 3.8) is 0 Å². The zero-order valence-electron chi connectivity index (χ0n) is 7.66. The van der Waals surface area contributed by atoms with Gasteiger partial charge in [-0.15, -0.1) is 0 Å². The van der Waals surface area contributed by atoms with E-state index in [4.69, 9.17) is 10.8 Å². The van der Waals surface area contributed by atoms with Crippen molar-refractivity contribution in [1.82, 2.24) is 0 Å². The molecule has 0 radical (unpaired) electrons. The molecule has 0 saturated carbocycles. The summed E-state index contributed by atoms with van der Waals surface area (Å²) in [7, 11) is 0. The third-order valence-electron chi connectivity index (χ3n) is 2.80. The highest BCUT2D eigenvalue weighted by atomic mass is 16.3. The fourth-order valence-electron chi connectivity index (χ4n) is 2.03. The van der Waals surface area contributed by atoms with Gasteiger partial charge in [-0.25, -0.2) is 0 Å². The number of aliphatic hydroxyl groups is 1. The minimum absolute atomic E-state index is 0.139. The summed E-state index contributed by atoms with van der Waals surface area (Å²) in [5.74, 6) is 0.615. The minimum atomic E-state index is 0.139. The first-order valence-corrected chi connectivity index (χ1v) is 4.75. The van der Waals surface area contributed by atoms with Crippen LogP contribution in [0.2, 0.25) is 0 Å². The van der Waals surface area contributed by atoms with Crippen LogP contribution >= 0.6 is 0 Å². The molecular weight excluding hydrogens is 162 g/mol. The van der Waals surface area contributed by atoms with E-state index in [0.29, 0.717) is 5.92 Å². The molecule has 0 bridgehead atoms. The van der Waals surface area contributed by atoms with Crippen LogP contribution in [-0.4, -0.2) is 11.7 Å². The Balaban J connectivity index is 2.25. The first kappa shape index (κ1) is 8.73. The number of hydrogen-bond acceptors (Lipinski definition) is 2. The van der Waals surface area contributed by atoms with Crippen LogP contribution in [0.5, 0.6) is 0 Å². The number of rotatable bonds is 2. The maximum Gasteiger partial charge on any atom is 0.0681 e. The summed E-state index contributed by atoms with van der Waals surface area (Å²) >= 11 is 0. The third-order valence-corrected chi connectivity index (χ3v) is 2.80. The number of hydrogen-bond donors (Lipinski definition) is 2. The number of aliphatic hydroxyl groups excluding tert-OH is 1. The van der Waals surface area contributed by atoms with Crippen molar-refractivity contribution >= 4 is 0 Å². The second-order valence-electron chi connectivity index (χ2n) is 3.77. The first-order chi connectivity index (χ1) is 6.33. The molecule has 1 aliphatic rings. The van der Waals surface area contributed by atoms with E-state index in [0.717, 1.165) is 24.9 Å². The van der Waals surface area contributed by atoms with Gasteiger partial charge in [0.25, 0.3) is 0 Å². The highest BCUT2D eigenvalue weighted by molar-refractivity contribution is 5.36. The van der Waals surface area contributed by atoms with Crippen LogP contribution in [-0.2, 0) is 19.4 Å². The Morgan fingerprint density at radius 1 is 1.31 bits per heavy atom. The maximum absolute atomic E-state index is 8.97. The number of benzene rings is 1. The van der Waals surface area contributed by atoms with E-state index in [1.54, 1.807) is 0 Å². The van der Waals surface area contributed by atoms with Gasteiger partial charge in [0.15, 0.2) is 0 Å². The lowest BCUT2D eigenvalue weighted by atomic mass is 10.1. The molecule has 1 aromatic rings. The Bertz CT molecular complexity index is 309. The van der Waals surface area contributed by atoms with Gasteiger partial charge in [0.05, 0.1) is 6.61 Å². The van der Waals surface area contributed by atoms with Crippen LogP contribution < -0.4 is 5.73 Å². The predicted octanol–water partition coefficient (Wildman–Crippen LogP) is 0.852. The Morgan fingerprint density at radius 2 is 2.08 bits per heavy atom. The maximum atomic E-state index is 8.97. The van der Waals surface area contributed by atoms with E-state index in [9.17, 15) is 0 Å². The van der Waals surface area contributed by atoms with Gasteiger partial charge in [-0.05, 0) is 42.0 Å². The highest BCUT2D eigenvalue weighted by Gasteiger charge is 2.19. The molecule has 1 aromatic carbocycles. The van der Waals surface area contributed by atoms with Crippen LogP contribution in [0.15, 0.2) is 18.2 Å². The molecule has 0 aliphatic heterocycles. The van der Waals surface area contributed by atoms with Crippen LogP contribution in [0.25, 0.3) is 0 Å². The van der Waals surface area contributed by atoms with Crippen LogP contribution in [0.4, 0.5) is 0 Å². The lowest BCUT2D eigenvalue weighted by Crippen LogP contribution is -2.13. The van der Waals surface area contributed by atoms with Crippen molar-refractivity contribution in [2.75, 3.05) is 6.54 Å². The van der Waals surface area contributed by atoms with Crippen LogP contribution in [0.1, 0.15) is 16.7 Å². The molecule has 13 heavy (non-hydrogen) atoms. The molecule has 3 N–H and O–H groups in total. The Hall–Kier alpha value is -0.860. The van der Waals surface area contributed by atoms with E-state index in [-0.39, 0.29) is 6.61 Å². The molecule has 0 saturated heterocycles. The molecule has 0 spiro atoms. The van der Waals surface area contributed by atoms with E-state index in [1.807, 2.05) is 6.07 Å². The molecule has 2 nitrogen and oxygen atoms in total. The summed E-state index contributed by atoms with van der Waals surface area (Å²) in [5.41, 5.74) is 9.43. The standard InChI is InChI=1S/C11H15NO/c12-6-9-4-10-2-1-8(7-13)3-11(10)5-9/h1-3,9,13H,4-7,12H2. The smallest absolute Gasteiger partial charge is 0.0681 e. The summed E-state index contributed by atoms with van der Waals surface area (Å²) in [4.78, 5) is 0. The third kappa shape index (κ3) is 1.60. The quantitative estimate of drug-likeness (QED) is 0.703. The molecule has 0 heterocycles. The van der Waals surface area contributed by atoms with Gasteiger partial charge in [-0.1, -0.05) is 18.2 Å². The Morgan fingerprint density at radius 3 is 2.77 bits per heavy atom. The summed E-state index contributed by atoms with van der Waals surface area (Å²) in [6.45, 7) is 0.906. The summed E-state index contributed by atoms with van der Waals surface area (Å²) < 4.78 is 0. The second-order valence-corrected chi connectivity index (χ2v) is 3.77. The van der Waals surface area contributed by atoms with Crippen molar-refractivity contribution in [2.45, 2.75) is 19.4 Å². The van der Waals surface area contributed by atoms with E-state index in [1.165, 1.54) is 11.1 Å². The zero-order chi connectivity index (χ0) is 9.26. The summed E-state index contributed by atoms with van der Waals surface area (Å²) in [5, 5.41) is 8.97. The van der Waals surface area contributed by atoms with Gasteiger partial charge < -0.3 is 10.8 Å². The lowest BCUT2D eigenvalue weighted by molar-refractivity contribution is 0.281. The van der Waals surface area contributed by atoms with Crippen molar-refractivity contribution in [2.24, 2.45) is 11.7 Å². The predicted molar refractivity (Wildman–Crippen MR) is 52.3 cm³/mol. The summed E-state index contributed by atoms with van der Waals surface area (Å²) in [6, 6.07) is 6.22. The van der Waals surface area contributed by atoms with E-state index >= 15 is 0 Å². The molecule has 2 heteroatoms. The van der Waals surface area contributed by atoms with Gasteiger partial charge >= 0.3 is 0 Å². The van der Waals surface area contributed by atoms with Crippen LogP contribution in [0, 0.1) is 5.92 Å². The van der Waals surface area contributed by atoms with Crippen LogP contribution in [0.3, 0.4) is 0 Å². The SMILES string of the molecule is NCC1Cc2ccc(CO)cc2C1. The van der Waals surface area contributed by atoms with Gasteiger partial charge in [-0.2, -0.15) is 0 Å². The average Bonchev–Trinajstić information content (AvgIpc) is 2.58. The fraction of sp³-hybridized carbons (Fsp3) is 0.455. The average molecular weight is 177 g/mol. The topological polar surface area (TPSA) is 46.2 Å². The van der Waals surface area contributed by atoms with Crippen molar-refractivity contribution in [3.05, 3.63) is 34.9 Å². The number of nitrogens with two attached hydrogens (primary N) is 1. The fourth-order valence-corrected chi connectivity index (χ4v) is 2.03. The van der Waals surface area contributed by atoms with Crippen molar-refractivity contribution in [3.8, 4) is 0 Å². The van der Waals surface area contributed by atoms with E-state index in [2.05, 4.69) is 12.1 Å². The molecule has 1 aliphatic carbocycles. The molecule has 0 aromatic heterocycles. The molecule has 1 unspecified atom stereocenters. The Kier molecular flexibility index (Phi) is 2.34. The molecular formula is C11H15NO. The molecule has 1 atom stereocenters. The van der Waals surface area contributed by atoms with Gasteiger partial charge in [0, 0.05) is 0 Å². The molecule has 0 amide bonds.